The first-order valence-electron chi connectivity index (χ1n) is 11.6. The molecule has 0 aliphatic rings. The summed E-state index contributed by atoms with van der Waals surface area (Å²) >= 11 is 0. The lowest BCUT2D eigenvalue weighted by molar-refractivity contribution is 0.186. The van der Waals surface area contributed by atoms with E-state index in [0.29, 0.717) is 5.88 Å². The molecule has 0 bridgehead atoms. The Morgan fingerprint density at radius 3 is 2.44 bits per heavy atom. The van der Waals surface area contributed by atoms with Crippen LogP contribution in [0.25, 0.3) is 28.0 Å². The van der Waals surface area contributed by atoms with Crippen molar-refractivity contribution < 1.29 is 4.74 Å². The molecule has 1 unspecified atom stereocenters. The fourth-order valence-corrected chi connectivity index (χ4v) is 4.01. The minimum Gasteiger partial charge on any atom is -0.474 e. The summed E-state index contributed by atoms with van der Waals surface area (Å²) in [5.41, 5.74) is 5.21. The summed E-state index contributed by atoms with van der Waals surface area (Å²) in [5, 5.41) is 4.75. The number of aromatic nitrogens is 3. The third kappa shape index (κ3) is 5.17. The highest BCUT2D eigenvalue weighted by atomic mass is 16.5. The topological polar surface area (TPSA) is 42.7 Å². The van der Waals surface area contributed by atoms with E-state index in [0.717, 1.165) is 49.4 Å². The molecule has 5 heteroatoms. The van der Waals surface area contributed by atoms with Crippen LogP contribution in [0.15, 0.2) is 72.9 Å². The van der Waals surface area contributed by atoms with Gasteiger partial charge >= 0.3 is 0 Å². The molecule has 2 aromatic carbocycles. The molecule has 0 spiro atoms. The third-order valence-corrected chi connectivity index (χ3v) is 5.90. The molecule has 0 N–H and O–H groups in total. The van der Waals surface area contributed by atoms with Crippen LogP contribution in [-0.4, -0.2) is 45.2 Å². The molecule has 0 saturated heterocycles. The Hall–Kier alpha value is -3.18. The maximum Gasteiger partial charge on any atom is 0.232 e. The first kappa shape index (κ1) is 22.0. The molecule has 0 saturated carbocycles. The van der Waals surface area contributed by atoms with E-state index in [-0.39, 0.29) is 6.10 Å². The number of imidazole rings is 1. The van der Waals surface area contributed by atoms with Crippen molar-refractivity contribution in [3.63, 3.8) is 0 Å². The lowest BCUT2D eigenvalue weighted by atomic mass is 10.0. The van der Waals surface area contributed by atoms with Gasteiger partial charge in [-0.3, -0.25) is 0 Å². The lowest BCUT2D eigenvalue weighted by Crippen LogP contribution is -2.25. The summed E-state index contributed by atoms with van der Waals surface area (Å²) in [4.78, 5) is 6.99. The summed E-state index contributed by atoms with van der Waals surface area (Å²) in [7, 11) is 0. The fourth-order valence-electron chi connectivity index (χ4n) is 4.01. The van der Waals surface area contributed by atoms with Crippen molar-refractivity contribution >= 4 is 5.65 Å². The number of hydrogen-bond donors (Lipinski definition) is 0. The zero-order valence-corrected chi connectivity index (χ0v) is 19.2. The summed E-state index contributed by atoms with van der Waals surface area (Å²) < 4.78 is 8.02. The number of ether oxygens (including phenoxy) is 1. The van der Waals surface area contributed by atoms with Gasteiger partial charge in [-0.1, -0.05) is 62.4 Å². The SMILES string of the molecule is CCN(CC)CCCC(C)Oc1ccc2ncc(-c3cccc(-c4ccccc4)c3)n2n1. The zero-order chi connectivity index (χ0) is 22.3. The summed E-state index contributed by atoms with van der Waals surface area (Å²) in [6.07, 6.45) is 4.12. The molecule has 0 aliphatic carbocycles. The van der Waals surface area contributed by atoms with Gasteiger partial charge < -0.3 is 9.64 Å². The molecule has 0 fully saturated rings. The number of benzene rings is 2. The van der Waals surface area contributed by atoms with Gasteiger partial charge in [0, 0.05) is 11.6 Å². The van der Waals surface area contributed by atoms with Gasteiger partial charge in [0.15, 0.2) is 5.65 Å². The molecular formula is C27H32N4O. The highest BCUT2D eigenvalue weighted by Gasteiger charge is 2.12. The summed E-state index contributed by atoms with van der Waals surface area (Å²) in [6.45, 7) is 9.84. The number of rotatable bonds is 10. The largest absolute Gasteiger partial charge is 0.474 e. The highest BCUT2D eigenvalue weighted by molar-refractivity contribution is 5.72. The normalized spacial score (nSPS) is 12.4. The van der Waals surface area contributed by atoms with E-state index in [1.807, 2.05) is 28.9 Å². The molecule has 4 aromatic rings. The van der Waals surface area contributed by atoms with Gasteiger partial charge in [0.1, 0.15) is 0 Å². The Balaban J connectivity index is 1.51. The van der Waals surface area contributed by atoms with Crippen molar-refractivity contribution in [1.82, 2.24) is 19.5 Å². The van der Waals surface area contributed by atoms with Crippen LogP contribution in [0.3, 0.4) is 0 Å². The number of fused-ring (bicyclic) bond motifs is 1. The van der Waals surface area contributed by atoms with Crippen LogP contribution in [0.2, 0.25) is 0 Å². The average Bonchev–Trinajstić information content (AvgIpc) is 3.26. The van der Waals surface area contributed by atoms with E-state index in [1.165, 1.54) is 11.1 Å². The van der Waals surface area contributed by atoms with Crippen molar-refractivity contribution in [3.8, 4) is 28.3 Å². The molecule has 0 radical (unpaired) electrons. The van der Waals surface area contributed by atoms with Gasteiger partial charge in [-0.25, -0.2) is 9.50 Å². The van der Waals surface area contributed by atoms with Crippen LogP contribution in [0.4, 0.5) is 0 Å². The smallest absolute Gasteiger partial charge is 0.232 e. The number of hydrogen-bond acceptors (Lipinski definition) is 4. The molecule has 5 nitrogen and oxygen atoms in total. The van der Waals surface area contributed by atoms with E-state index >= 15 is 0 Å². The molecular weight excluding hydrogens is 396 g/mol. The Bertz CT molecular complexity index is 1130. The second-order valence-corrected chi connectivity index (χ2v) is 8.13. The van der Waals surface area contributed by atoms with Crippen LogP contribution < -0.4 is 4.74 Å². The monoisotopic (exact) mass is 428 g/mol. The van der Waals surface area contributed by atoms with Gasteiger partial charge in [0.25, 0.3) is 0 Å². The van der Waals surface area contributed by atoms with Crippen LogP contribution in [0.1, 0.15) is 33.6 Å². The van der Waals surface area contributed by atoms with Gasteiger partial charge in [-0.2, -0.15) is 0 Å². The van der Waals surface area contributed by atoms with Crippen molar-refractivity contribution in [2.24, 2.45) is 0 Å². The first-order valence-corrected chi connectivity index (χ1v) is 11.6. The van der Waals surface area contributed by atoms with Crippen molar-refractivity contribution in [2.45, 2.75) is 39.7 Å². The van der Waals surface area contributed by atoms with E-state index in [2.05, 4.69) is 79.2 Å². The van der Waals surface area contributed by atoms with Gasteiger partial charge in [0.05, 0.1) is 18.0 Å². The molecule has 0 amide bonds. The highest BCUT2D eigenvalue weighted by Crippen LogP contribution is 2.27. The summed E-state index contributed by atoms with van der Waals surface area (Å²) in [5.74, 6) is 0.631. The van der Waals surface area contributed by atoms with Crippen LogP contribution in [0.5, 0.6) is 5.88 Å². The van der Waals surface area contributed by atoms with Gasteiger partial charge in [0.2, 0.25) is 5.88 Å². The van der Waals surface area contributed by atoms with E-state index in [9.17, 15) is 0 Å². The van der Waals surface area contributed by atoms with Crippen molar-refractivity contribution in [2.75, 3.05) is 19.6 Å². The predicted octanol–water partition coefficient (Wildman–Crippen LogP) is 5.95. The Morgan fingerprint density at radius 1 is 0.906 bits per heavy atom. The second-order valence-electron chi connectivity index (χ2n) is 8.13. The zero-order valence-electron chi connectivity index (χ0n) is 19.2. The minimum atomic E-state index is 0.115. The van der Waals surface area contributed by atoms with Crippen molar-refractivity contribution in [3.05, 3.63) is 72.9 Å². The predicted molar refractivity (Wildman–Crippen MR) is 131 cm³/mol. The quantitative estimate of drug-likeness (QED) is 0.313. The second kappa shape index (κ2) is 10.4. The van der Waals surface area contributed by atoms with Crippen LogP contribution in [-0.2, 0) is 0 Å². The van der Waals surface area contributed by atoms with Gasteiger partial charge in [-0.15, -0.1) is 5.10 Å². The van der Waals surface area contributed by atoms with E-state index in [4.69, 9.17) is 9.84 Å². The fraction of sp³-hybridized carbons (Fsp3) is 0.333. The molecule has 2 heterocycles. The maximum atomic E-state index is 6.15. The van der Waals surface area contributed by atoms with E-state index < -0.39 is 0 Å². The standard InChI is InChI=1S/C27H32N4O/c1-4-30(5-2)18-10-11-21(3)32-27-17-16-26-28-20-25(31(26)29-27)24-15-9-14-23(19-24)22-12-7-6-8-13-22/h6-9,12-17,19-21H,4-5,10-11,18H2,1-3H3. The Kier molecular flexibility index (Phi) is 7.17. The molecule has 32 heavy (non-hydrogen) atoms. The minimum absolute atomic E-state index is 0.115. The van der Waals surface area contributed by atoms with Crippen LogP contribution in [0, 0.1) is 0 Å². The van der Waals surface area contributed by atoms with Crippen LogP contribution >= 0.6 is 0 Å². The third-order valence-electron chi connectivity index (χ3n) is 5.90. The van der Waals surface area contributed by atoms with Crippen molar-refractivity contribution in [1.29, 1.82) is 0 Å². The average molecular weight is 429 g/mol. The Morgan fingerprint density at radius 2 is 1.66 bits per heavy atom. The Labute approximate surface area is 190 Å². The maximum absolute atomic E-state index is 6.15. The number of nitrogens with zero attached hydrogens (tertiary/aromatic N) is 4. The van der Waals surface area contributed by atoms with E-state index in [1.54, 1.807) is 0 Å². The van der Waals surface area contributed by atoms with Gasteiger partial charge in [-0.05, 0) is 62.7 Å². The molecule has 1 atom stereocenters. The summed E-state index contributed by atoms with van der Waals surface area (Å²) in [6, 6.07) is 22.8. The first-order chi connectivity index (χ1) is 15.7. The molecule has 166 valence electrons. The molecule has 0 aliphatic heterocycles. The molecule has 4 rings (SSSR count). The molecule has 2 aromatic heterocycles. The lowest BCUT2D eigenvalue weighted by Gasteiger charge is -2.19.